The first kappa shape index (κ1) is 10.6. The second kappa shape index (κ2) is 3.73. The van der Waals surface area contributed by atoms with Crippen LogP contribution in [0.3, 0.4) is 0 Å². The minimum atomic E-state index is -0.618. The summed E-state index contributed by atoms with van der Waals surface area (Å²) in [6.07, 6.45) is 8.15. The Morgan fingerprint density at radius 1 is 1.38 bits per heavy atom. The molecular formula is C13H21NO2. The Bertz CT molecular complexity index is 296. The number of aliphatic carboxylic acids is 1. The molecular weight excluding hydrogens is 202 g/mol. The number of carboxylic acids is 1. The lowest BCUT2D eigenvalue weighted by Gasteiger charge is -2.31. The quantitative estimate of drug-likeness (QED) is 0.769. The number of nitrogens with one attached hydrogen (secondary N) is 1. The van der Waals surface area contributed by atoms with E-state index in [2.05, 4.69) is 5.32 Å². The van der Waals surface area contributed by atoms with E-state index in [-0.39, 0.29) is 0 Å². The maximum Gasteiger partial charge on any atom is 0.323 e. The Labute approximate surface area is 96.6 Å². The van der Waals surface area contributed by atoms with Crippen molar-refractivity contribution in [2.75, 3.05) is 6.54 Å². The number of fused-ring (bicyclic) bond motifs is 2. The van der Waals surface area contributed by atoms with Gasteiger partial charge in [0.1, 0.15) is 5.54 Å². The summed E-state index contributed by atoms with van der Waals surface area (Å²) in [7, 11) is 0. The second-order valence-electron chi connectivity index (χ2n) is 6.06. The van der Waals surface area contributed by atoms with Gasteiger partial charge in [-0.3, -0.25) is 4.79 Å². The summed E-state index contributed by atoms with van der Waals surface area (Å²) in [5.74, 6) is 1.82. The van der Waals surface area contributed by atoms with Crippen molar-refractivity contribution in [3.8, 4) is 0 Å². The molecule has 0 aromatic rings. The van der Waals surface area contributed by atoms with Crippen molar-refractivity contribution in [1.82, 2.24) is 5.32 Å². The topological polar surface area (TPSA) is 49.3 Å². The fourth-order valence-electron chi connectivity index (χ4n) is 4.32. The fraction of sp³-hybridized carbons (Fsp3) is 0.923. The predicted octanol–water partition coefficient (Wildman–Crippen LogP) is 2.02. The molecule has 16 heavy (non-hydrogen) atoms. The zero-order valence-corrected chi connectivity index (χ0v) is 9.74. The average molecular weight is 223 g/mol. The van der Waals surface area contributed by atoms with Crippen LogP contribution in [-0.4, -0.2) is 23.2 Å². The largest absolute Gasteiger partial charge is 0.480 e. The van der Waals surface area contributed by atoms with E-state index in [1.54, 1.807) is 0 Å². The Morgan fingerprint density at radius 2 is 2.25 bits per heavy atom. The minimum Gasteiger partial charge on any atom is -0.480 e. The van der Waals surface area contributed by atoms with E-state index >= 15 is 0 Å². The molecule has 90 valence electrons. The van der Waals surface area contributed by atoms with Gasteiger partial charge in [-0.1, -0.05) is 6.42 Å². The van der Waals surface area contributed by atoms with Gasteiger partial charge in [-0.2, -0.15) is 0 Å². The van der Waals surface area contributed by atoms with Crippen LogP contribution in [0.25, 0.3) is 0 Å². The molecule has 4 unspecified atom stereocenters. The molecule has 2 saturated carbocycles. The Balaban J connectivity index is 1.70. The molecule has 1 heterocycles. The smallest absolute Gasteiger partial charge is 0.323 e. The average Bonchev–Trinajstić information content (AvgIpc) is 2.92. The summed E-state index contributed by atoms with van der Waals surface area (Å²) in [4.78, 5) is 11.5. The van der Waals surface area contributed by atoms with E-state index in [0.29, 0.717) is 5.92 Å². The Hall–Kier alpha value is -0.570. The Kier molecular flexibility index (Phi) is 2.46. The van der Waals surface area contributed by atoms with Gasteiger partial charge in [-0.05, 0) is 62.8 Å². The van der Waals surface area contributed by atoms with Crippen LogP contribution in [0.15, 0.2) is 0 Å². The SMILES string of the molecule is O=C(O)C1(CC2CC3CCC2C3)CCCN1. The zero-order valence-electron chi connectivity index (χ0n) is 9.74. The van der Waals surface area contributed by atoms with E-state index in [1.807, 2.05) is 0 Å². The molecule has 0 amide bonds. The number of carboxylic acid groups (broad SMARTS) is 1. The van der Waals surface area contributed by atoms with E-state index in [1.165, 1.54) is 25.7 Å². The van der Waals surface area contributed by atoms with Crippen molar-refractivity contribution in [1.29, 1.82) is 0 Å². The van der Waals surface area contributed by atoms with Gasteiger partial charge in [-0.15, -0.1) is 0 Å². The van der Waals surface area contributed by atoms with Crippen molar-refractivity contribution in [3.05, 3.63) is 0 Å². The van der Waals surface area contributed by atoms with Crippen LogP contribution in [0, 0.1) is 17.8 Å². The van der Waals surface area contributed by atoms with Crippen molar-refractivity contribution < 1.29 is 9.90 Å². The summed E-state index contributed by atoms with van der Waals surface area (Å²) in [5, 5.41) is 12.7. The van der Waals surface area contributed by atoms with Crippen LogP contribution in [0.1, 0.15) is 44.9 Å². The van der Waals surface area contributed by atoms with Crippen LogP contribution in [0.5, 0.6) is 0 Å². The van der Waals surface area contributed by atoms with Crippen molar-refractivity contribution in [2.45, 2.75) is 50.5 Å². The highest BCUT2D eigenvalue weighted by molar-refractivity contribution is 5.79. The monoisotopic (exact) mass is 223 g/mol. The lowest BCUT2D eigenvalue weighted by molar-refractivity contribution is -0.145. The molecule has 3 rings (SSSR count). The summed E-state index contributed by atoms with van der Waals surface area (Å²) in [6.45, 7) is 0.882. The standard InChI is InChI=1S/C13H21NO2/c15-12(16)13(4-1-5-14-13)8-11-7-9-2-3-10(11)6-9/h9-11,14H,1-8H2,(H,15,16). The fourth-order valence-corrected chi connectivity index (χ4v) is 4.32. The van der Waals surface area contributed by atoms with E-state index in [0.717, 1.165) is 37.6 Å². The highest BCUT2D eigenvalue weighted by atomic mass is 16.4. The summed E-state index contributed by atoms with van der Waals surface area (Å²) >= 11 is 0. The molecule has 0 radical (unpaired) electrons. The second-order valence-corrected chi connectivity index (χ2v) is 6.06. The van der Waals surface area contributed by atoms with Gasteiger partial charge < -0.3 is 10.4 Å². The predicted molar refractivity (Wildman–Crippen MR) is 61.2 cm³/mol. The van der Waals surface area contributed by atoms with Crippen molar-refractivity contribution in [2.24, 2.45) is 17.8 Å². The summed E-state index contributed by atoms with van der Waals surface area (Å²) < 4.78 is 0. The number of rotatable bonds is 3. The van der Waals surface area contributed by atoms with Gasteiger partial charge in [0.25, 0.3) is 0 Å². The first-order valence-electron chi connectivity index (χ1n) is 6.68. The van der Waals surface area contributed by atoms with Crippen molar-refractivity contribution >= 4 is 5.97 Å². The van der Waals surface area contributed by atoms with Gasteiger partial charge in [-0.25, -0.2) is 0 Å². The van der Waals surface area contributed by atoms with Gasteiger partial charge in [0, 0.05) is 0 Å². The first-order valence-corrected chi connectivity index (χ1v) is 6.68. The molecule has 2 N–H and O–H groups in total. The highest BCUT2D eigenvalue weighted by Crippen LogP contribution is 2.51. The van der Waals surface area contributed by atoms with E-state index in [4.69, 9.17) is 0 Å². The summed E-state index contributed by atoms with van der Waals surface area (Å²) in [6, 6.07) is 0. The van der Waals surface area contributed by atoms with Crippen molar-refractivity contribution in [3.63, 3.8) is 0 Å². The maximum absolute atomic E-state index is 11.5. The molecule has 3 heteroatoms. The summed E-state index contributed by atoms with van der Waals surface area (Å²) in [5.41, 5.74) is -0.574. The van der Waals surface area contributed by atoms with E-state index in [9.17, 15) is 9.90 Å². The van der Waals surface area contributed by atoms with Crippen LogP contribution in [0.4, 0.5) is 0 Å². The van der Waals surface area contributed by atoms with Gasteiger partial charge >= 0.3 is 5.97 Å². The molecule has 0 aromatic heterocycles. The first-order chi connectivity index (χ1) is 7.70. The number of hydrogen-bond acceptors (Lipinski definition) is 2. The molecule has 4 atom stereocenters. The molecule has 3 fully saturated rings. The third-order valence-electron chi connectivity index (χ3n) is 5.15. The Morgan fingerprint density at radius 3 is 2.75 bits per heavy atom. The molecule has 3 aliphatic rings. The van der Waals surface area contributed by atoms with Crippen LogP contribution >= 0.6 is 0 Å². The van der Waals surface area contributed by atoms with Crippen LogP contribution in [-0.2, 0) is 4.79 Å². The normalized spacial score (nSPS) is 46.4. The third kappa shape index (κ3) is 1.56. The molecule has 0 aromatic carbocycles. The van der Waals surface area contributed by atoms with Gasteiger partial charge in [0.2, 0.25) is 0 Å². The van der Waals surface area contributed by atoms with E-state index < -0.39 is 11.5 Å². The van der Waals surface area contributed by atoms with Crippen LogP contribution < -0.4 is 5.32 Å². The molecule has 0 spiro atoms. The van der Waals surface area contributed by atoms with Crippen LogP contribution in [0.2, 0.25) is 0 Å². The third-order valence-corrected chi connectivity index (χ3v) is 5.15. The highest BCUT2D eigenvalue weighted by Gasteiger charge is 2.48. The molecule has 1 aliphatic heterocycles. The number of hydrogen-bond donors (Lipinski definition) is 2. The molecule has 2 aliphatic carbocycles. The number of carbonyl (C=O) groups is 1. The molecule has 2 bridgehead atoms. The lowest BCUT2D eigenvalue weighted by Crippen LogP contribution is -2.49. The minimum absolute atomic E-state index is 0.574. The lowest BCUT2D eigenvalue weighted by atomic mass is 9.78. The molecule has 1 saturated heterocycles. The van der Waals surface area contributed by atoms with Gasteiger partial charge in [0.05, 0.1) is 0 Å². The molecule has 3 nitrogen and oxygen atoms in total. The van der Waals surface area contributed by atoms with Gasteiger partial charge in [0.15, 0.2) is 0 Å². The zero-order chi connectivity index (χ0) is 11.2. The maximum atomic E-state index is 11.5.